The fourth-order valence-electron chi connectivity index (χ4n) is 7.22. The molecule has 1 aliphatic heterocycles. The highest BCUT2D eigenvalue weighted by Gasteiger charge is 2.30. The summed E-state index contributed by atoms with van der Waals surface area (Å²) in [6.07, 6.45) is 7.44. The highest BCUT2D eigenvalue weighted by Crippen LogP contribution is 2.43. The van der Waals surface area contributed by atoms with E-state index >= 15 is 0 Å². The molecule has 0 unspecified atom stereocenters. The summed E-state index contributed by atoms with van der Waals surface area (Å²) in [5, 5.41) is 0. The summed E-state index contributed by atoms with van der Waals surface area (Å²) in [5.74, 6) is 1.30. The number of aromatic nitrogens is 3. The molecule has 2 aromatic carbocycles. The smallest absolute Gasteiger partial charge is 0.306 e. The van der Waals surface area contributed by atoms with Gasteiger partial charge < -0.3 is 28.3 Å². The van der Waals surface area contributed by atoms with Crippen LogP contribution in [0.25, 0.3) is 11.1 Å². The molecule has 0 amide bonds. The summed E-state index contributed by atoms with van der Waals surface area (Å²) >= 11 is 6.66. The number of carbonyl (C=O) groups is 1. The molecule has 5 aromatic rings. The number of esters is 1. The Bertz CT molecular complexity index is 2450. The molecule has 12 heteroatoms. The van der Waals surface area contributed by atoms with Crippen LogP contribution >= 0.6 is 31.9 Å². The summed E-state index contributed by atoms with van der Waals surface area (Å²) in [5.41, 5.74) is 11.2. The second-order valence-corrected chi connectivity index (χ2v) is 15.7. The van der Waals surface area contributed by atoms with Gasteiger partial charge in [0.15, 0.2) is 0 Å². The Morgan fingerprint density at radius 1 is 0.855 bits per heavy atom. The van der Waals surface area contributed by atoms with Crippen LogP contribution < -0.4 is 26.2 Å². The summed E-state index contributed by atoms with van der Waals surface area (Å²) in [7, 11) is 4.96. The van der Waals surface area contributed by atoms with E-state index in [2.05, 4.69) is 62.0 Å². The van der Waals surface area contributed by atoms with Gasteiger partial charge in [-0.25, -0.2) is 0 Å². The molecule has 2 atom stereocenters. The van der Waals surface area contributed by atoms with E-state index in [1.54, 1.807) is 36.4 Å². The Kier molecular flexibility index (Phi) is 13.1. The van der Waals surface area contributed by atoms with Crippen molar-refractivity contribution in [2.75, 3.05) is 13.7 Å². The zero-order valence-electron chi connectivity index (χ0n) is 32.7. The number of aromatic amines is 1. The molecule has 0 saturated carbocycles. The van der Waals surface area contributed by atoms with Crippen LogP contribution in [0.2, 0.25) is 0 Å². The molecule has 3 aromatic heterocycles. The van der Waals surface area contributed by atoms with Crippen LogP contribution in [-0.4, -0.2) is 33.8 Å². The molecular formula is C43H47Br2N3O7. The number of hydrogen-bond acceptors (Lipinski definition) is 7. The van der Waals surface area contributed by atoms with E-state index in [-0.39, 0.29) is 34.7 Å². The van der Waals surface area contributed by atoms with Crippen molar-refractivity contribution in [2.24, 2.45) is 14.1 Å². The highest BCUT2D eigenvalue weighted by molar-refractivity contribution is 9.10. The first-order valence-corrected chi connectivity index (χ1v) is 19.6. The number of pyridine rings is 3. The molecule has 1 aliphatic carbocycles. The predicted molar refractivity (Wildman–Crippen MR) is 223 cm³/mol. The van der Waals surface area contributed by atoms with Crippen LogP contribution in [-0.2, 0) is 30.0 Å². The van der Waals surface area contributed by atoms with Crippen LogP contribution in [0.3, 0.4) is 0 Å². The second kappa shape index (κ2) is 17.4. The maximum atomic E-state index is 12.6. The van der Waals surface area contributed by atoms with Gasteiger partial charge in [-0.2, -0.15) is 0 Å². The Morgan fingerprint density at radius 2 is 1.51 bits per heavy atom. The van der Waals surface area contributed by atoms with Crippen LogP contribution in [0.4, 0.5) is 0 Å². The van der Waals surface area contributed by atoms with Gasteiger partial charge in [-0.05, 0) is 131 Å². The Balaban J connectivity index is 0.000000224. The SMILES string of the molecule is COC(=O)C[C@@H]1COc2cc(O[C@@H]3CCc4c(-c5c(C)cn(C)c(=O)c5C)cccc43)ccc21.Cc1c[nH]c(=O)c(C)c1Br.Cc1cn(C)c(=O)c(C)c1Br. The van der Waals surface area contributed by atoms with Crippen molar-refractivity contribution in [3.8, 4) is 22.6 Å². The molecule has 55 heavy (non-hydrogen) atoms. The van der Waals surface area contributed by atoms with Crippen molar-refractivity contribution in [1.82, 2.24) is 14.1 Å². The van der Waals surface area contributed by atoms with Gasteiger partial charge in [-0.3, -0.25) is 19.2 Å². The van der Waals surface area contributed by atoms with Gasteiger partial charge >= 0.3 is 5.97 Å². The molecular weight excluding hydrogens is 830 g/mol. The van der Waals surface area contributed by atoms with E-state index in [4.69, 9.17) is 14.2 Å². The van der Waals surface area contributed by atoms with Crippen molar-refractivity contribution >= 4 is 37.8 Å². The summed E-state index contributed by atoms with van der Waals surface area (Å²) < 4.78 is 22.1. The number of H-pyrrole nitrogens is 1. The minimum atomic E-state index is -0.234. The van der Waals surface area contributed by atoms with Gasteiger partial charge in [0.2, 0.25) is 0 Å². The van der Waals surface area contributed by atoms with E-state index in [1.165, 1.54) is 18.2 Å². The fourth-order valence-corrected chi connectivity index (χ4v) is 7.78. The van der Waals surface area contributed by atoms with Crippen molar-refractivity contribution in [1.29, 1.82) is 0 Å². The van der Waals surface area contributed by atoms with Gasteiger partial charge in [-0.1, -0.05) is 24.3 Å². The number of ether oxygens (including phenoxy) is 3. The van der Waals surface area contributed by atoms with Crippen molar-refractivity contribution in [3.05, 3.63) is 145 Å². The normalized spacial score (nSPS) is 15.1. The molecule has 2 aliphatic rings. The van der Waals surface area contributed by atoms with Gasteiger partial charge in [0.05, 0.1) is 20.1 Å². The molecule has 0 bridgehead atoms. The second-order valence-electron chi connectivity index (χ2n) is 14.1. The van der Waals surface area contributed by atoms with Crippen LogP contribution in [0, 0.1) is 41.5 Å². The van der Waals surface area contributed by atoms with Crippen molar-refractivity contribution in [3.63, 3.8) is 0 Å². The largest absolute Gasteiger partial charge is 0.492 e. The average molecular weight is 878 g/mol. The molecule has 0 radical (unpaired) electrons. The number of aryl methyl sites for hydroxylation is 5. The minimum absolute atomic E-state index is 0.0105. The van der Waals surface area contributed by atoms with Crippen molar-refractivity contribution < 1.29 is 19.0 Å². The zero-order valence-corrected chi connectivity index (χ0v) is 35.9. The summed E-state index contributed by atoms with van der Waals surface area (Å²) in [6, 6.07) is 12.1. The van der Waals surface area contributed by atoms with Crippen LogP contribution in [0.15, 0.2) is 78.3 Å². The molecule has 10 nitrogen and oxygen atoms in total. The lowest BCUT2D eigenvalue weighted by atomic mass is 9.92. The maximum absolute atomic E-state index is 12.6. The average Bonchev–Trinajstić information content (AvgIpc) is 3.77. The first kappa shape index (κ1) is 41.5. The standard InChI is InChI=1S/C28H29NO5.C8H10BrNO.C7H8BrNO/c1-16-14-29(3)28(31)17(2)27(16)23-7-5-6-22-21(23)10-11-24(22)34-19-8-9-20-18(12-26(30)32-4)15-33-25(20)13-19;1-5-4-10(3)8(11)6(2)7(5)9;1-4-3-9-7(10)5(2)6(4)8/h5-9,13-14,18,24H,10-12,15H2,1-4H3;4H,1-3H3;3H,1-2H3,(H,9,10)/t18-,24-;;/m1../s1. The number of nitrogens with zero attached hydrogens (tertiary/aromatic N) is 2. The zero-order chi connectivity index (χ0) is 40.3. The number of fused-ring (bicyclic) bond motifs is 2. The lowest BCUT2D eigenvalue weighted by Crippen LogP contribution is -2.20. The summed E-state index contributed by atoms with van der Waals surface area (Å²) in [4.78, 5) is 49.1. The molecule has 290 valence electrons. The molecule has 0 spiro atoms. The van der Waals surface area contributed by atoms with Gasteiger partial charge in [-0.15, -0.1) is 0 Å². The Hall–Kier alpha value is -4.68. The Labute approximate surface area is 337 Å². The van der Waals surface area contributed by atoms with E-state index < -0.39 is 0 Å². The minimum Gasteiger partial charge on any atom is -0.492 e. The topological polar surface area (TPSA) is 122 Å². The molecule has 7 rings (SSSR count). The van der Waals surface area contributed by atoms with E-state index in [9.17, 15) is 19.2 Å². The molecule has 0 fully saturated rings. The number of rotatable bonds is 5. The summed E-state index contributed by atoms with van der Waals surface area (Å²) in [6.45, 7) is 11.9. The van der Waals surface area contributed by atoms with E-state index in [1.807, 2.05) is 58.3 Å². The number of benzene rings is 2. The monoisotopic (exact) mass is 875 g/mol. The first-order valence-electron chi connectivity index (χ1n) is 18.0. The predicted octanol–water partition coefficient (Wildman–Crippen LogP) is 8.29. The van der Waals surface area contributed by atoms with Gasteiger partial charge in [0, 0.05) is 75.9 Å². The van der Waals surface area contributed by atoms with Crippen molar-refractivity contribution in [2.45, 2.75) is 72.8 Å². The highest BCUT2D eigenvalue weighted by atomic mass is 79.9. The first-order chi connectivity index (χ1) is 26.0. The number of halogens is 2. The van der Waals surface area contributed by atoms with Crippen LogP contribution in [0.1, 0.15) is 74.9 Å². The lowest BCUT2D eigenvalue weighted by Gasteiger charge is -2.18. The Morgan fingerprint density at radius 3 is 2.18 bits per heavy atom. The van der Waals surface area contributed by atoms with Gasteiger partial charge in [0.25, 0.3) is 16.7 Å². The third-order valence-corrected chi connectivity index (χ3v) is 12.6. The lowest BCUT2D eigenvalue weighted by molar-refractivity contribution is -0.141. The fraction of sp³-hybridized carbons (Fsp3) is 0.349. The number of hydrogen-bond donors (Lipinski definition) is 1. The number of methoxy groups -OCH3 is 1. The quantitative estimate of drug-likeness (QED) is 0.177. The number of nitrogens with one attached hydrogen (secondary N) is 1. The third-order valence-electron chi connectivity index (χ3n) is 10.2. The molecule has 4 heterocycles. The maximum Gasteiger partial charge on any atom is 0.306 e. The third kappa shape index (κ3) is 8.91. The molecule has 0 saturated heterocycles. The van der Waals surface area contributed by atoms with E-state index in [0.29, 0.717) is 13.0 Å². The van der Waals surface area contributed by atoms with Gasteiger partial charge in [0.1, 0.15) is 17.6 Å². The number of carbonyl (C=O) groups excluding carboxylic acids is 1. The van der Waals surface area contributed by atoms with Crippen LogP contribution in [0.5, 0.6) is 11.5 Å². The molecule has 1 N–H and O–H groups in total. The van der Waals surface area contributed by atoms with E-state index in [0.717, 1.165) is 83.4 Å².